The standard InChI is InChI=1S/C35H54O12/c1-21-30(45-21)25-6-4-8-27(25)33(37)43-15-13-40-20-24(19-39-12-14-42-32(36)23-10-11-35(3)29(18-23)47-35)41-16-17-44-34(38)28-9-5-7-26(28)31-22(2)46-31/h21-31H,4-20H2,1-3H3. The van der Waals surface area contributed by atoms with E-state index in [0.29, 0.717) is 6.42 Å². The molecule has 6 rings (SSSR count). The Balaban J connectivity index is 0.877. The summed E-state index contributed by atoms with van der Waals surface area (Å²) in [5.41, 5.74) is -0.0382. The van der Waals surface area contributed by atoms with Gasteiger partial charge >= 0.3 is 17.9 Å². The molecule has 6 fully saturated rings. The van der Waals surface area contributed by atoms with Crippen LogP contribution in [-0.2, 0) is 57.0 Å². The molecule has 12 nitrogen and oxygen atoms in total. The van der Waals surface area contributed by atoms with Crippen LogP contribution in [0.2, 0.25) is 0 Å². The zero-order chi connectivity index (χ0) is 33.0. The van der Waals surface area contributed by atoms with E-state index >= 15 is 0 Å². The maximum Gasteiger partial charge on any atom is 0.309 e. The average molecular weight is 667 g/mol. The molecule has 0 amide bonds. The largest absolute Gasteiger partial charge is 0.463 e. The van der Waals surface area contributed by atoms with Crippen LogP contribution in [0.4, 0.5) is 0 Å². The lowest BCUT2D eigenvalue weighted by atomic mass is 9.83. The normalized spacial score (nSPS) is 39.1. The molecule has 0 N–H and O–H groups in total. The van der Waals surface area contributed by atoms with Gasteiger partial charge in [0.05, 0.1) is 86.9 Å². The fourth-order valence-corrected chi connectivity index (χ4v) is 8.18. The zero-order valence-corrected chi connectivity index (χ0v) is 28.3. The summed E-state index contributed by atoms with van der Waals surface area (Å²) in [5.74, 6) is -0.423. The quantitative estimate of drug-likeness (QED) is 0.0863. The smallest absolute Gasteiger partial charge is 0.309 e. The van der Waals surface area contributed by atoms with Gasteiger partial charge in [0.1, 0.15) is 25.9 Å². The SMILES string of the molecule is CC1OC1C1CCCC1C(=O)OCCOCC(COCCOC(=O)C1CCC2(C)OC2C1)OCCOC(=O)C1CCCC1C1OC1C. The van der Waals surface area contributed by atoms with Crippen molar-refractivity contribution in [2.45, 2.75) is 121 Å². The fourth-order valence-electron chi connectivity index (χ4n) is 8.18. The summed E-state index contributed by atoms with van der Waals surface area (Å²) in [6, 6.07) is 0. The van der Waals surface area contributed by atoms with Gasteiger partial charge in [-0.25, -0.2) is 0 Å². The minimum absolute atomic E-state index is 0.0382. The third kappa shape index (κ3) is 9.25. The van der Waals surface area contributed by atoms with E-state index in [0.717, 1.165) is 51.4 Å². The van der Waals surface area contributed by atoms with Crippen molar-refractivity contribution in [3.05, 3.63) is 0 Å². The van der Waals surface area contributed by atoms with Crippen LogP contribution in [0.3, 0.4) is 0 Å². The molecule has 3 saturated heterocycles. The van der Waals surface area contributed by atoms with E-state index in [1.54, 1.807) is 0 Å². The van der Waals surface area contributed by atoms with E-state index in [1.165, 1.54) is 0 Å². The van der Waals surface area contributed by atoms with Gasteiger partial charge in [-0.3, -0.25) is 14.4 Å². The number of ether oxygens (including phenoxy) is 9. The van der Waals surface area contributed by atoms with E-state index in [-0.39, 0.29) is 136 Å². The van der Waals surface area contributed by atoms with Crippen molar-refractivity contribution in [2.75, 3.05) is 52.9 Å². The summed E-state index contributed by atoms with van der Waals surface area (Å²) in [7, 11) is 0. The van der Waals surface area contributed by atoms with Crippen molar-refractivity contribution in [2.24, 2.45) is 29.6 Å². The third-order valence-corrected chi connectivity index (χ3v) is 11.2. The highest BCUT2D eigenvalue weighted by Gasteiger charge is 2.56. The van der Waals surface area contributed by atoms with E-state index in [1.807, 2.05) is 13.8 Å². The number of esters is 3. The molecule has 0 radical (unpaired) electrons. The Morgan fingerprint density at radius 2 is 1.21 bits per heavy atom. The van der Waals surface area contributed by atoms with Crippen LogP contribution in [-0.4, -0.2) is 113 Å². The van der Waals surface area contributed by atoms with Crippen molar-refractivity contribution < 1.29 is 57.0 Å². The highest BCUT2D eigenvalue weighted by atomic mass is 16.6. The van der Waals surface area contributed by atoms with Gasteiger partial charge in [-0.05, 0) is 65.7 Å². The minimum atomic E-state index is -0.448. The summed E-state index contributed by atoms with van der Waals surface area (Å²) < 4.78 is 51.1. The molecule has 3 aliphatic carbocycles. The number of carbonyl (C=O) groups excluding carboxylic acids is 3. The van der Waals surface area contributed by atoms with E-state index < -0.39 is 6.10 Å². The van der Waals surface area contributed by atoms with Crippen LogP contribution in [0.1, 0.15) is 78.6 Å². The lowest BCUT2D eigenvalue weighted by molar-refractivity contribution is -0.156. The Hall–Kier alpha value is -1.83. The molecule has 47 heavy (non-hydrogen) atoms. The van der Waals surface area contributed by atoms with Crippen LogP contribution in [0.5, 0.6) is 0 Å². The first-order valence-electron chi connectivity index (χ1n) is 18.0. The monoisotopic (exact) mass is 666 g/mol. The molecule has 3 saturated carbocycles. The predicted molar refractivity (Wildman–Crippen MR) is 165 cm³/mol. The minimum Gasteiger partial charge on any atom is -0.463 e. The molecule has 0 aromatic rings. The Morgan fingerprint density at radius 1 is 0.702 bits per heavy atom. The second-order valence-electron chi connectivity index (χ2n) is 14.5. The molecular formula is C35H54O12. The first-order chi connectivity index (χ1) is 22.7. The van der Waals surface area contributed by atoms with E-state index in [2.05, 4.69) is 6.92 Å². The summed E-state index contributed by atoms with van der Waals surface area (Å²) >= 11 is 0. The number of carbonyl (C=O) groups is 3. The molecule has 266 valence electrons. The Bertz CT molecular complexity index is 1080. The highest BCUT2D eigenvalue weighted by molar-refractivity contribution is 5.74. The molecule has 3 heterocycles. The van der Waals surface area contributed by atoms with Crippen LogP contribution < -0.4 is 0 Å². The second-order valence-corrected chi connectivity index (χ2v) is 14.5. The van der Waals surface area contributed by atoms with Crippen LogP contribution in [0.25, 0.3) is 0 Å². The summed E-state index contributed by atoms with van der Waals surface area (Å²) in [6.45, 7) is 7.66. The summed E-state index contributed by atoms with van der Waals surface area (Å²) in [4.78, 5) is 38.0. The Kier molecular flexibility index (Phi) is 11.8. The van der Waals surface area contributed by atoms with Crippen LogP contribution in [0, 0.1) is 29.6 Å². The van der Waals surface area contributed by atoms with Gasteiger partial charge in [0, 0.05) is 11.8 Å². The molecule has 0 spiro atoms. The second kappa shape index (κ2) is 15.8. The number of fused-ring (bicyclic) bond motifs is 1. The predicted octanol–water partition coefficient (Wildman–Crippen LogP) is 3.40. The maximum atomic E-state index is 12.8. The molecule has 3 aliphatic heterocycles. The molecule has 12 atom stereocenters. The van der Waals surface area contributed by atoms with Gasteiger partial charge in [-0.15, -0.1) is 0 Å². The molecule has 6 aliphatic rings. The molecule has 0 aromatic carbocycles. The molecule has 0 bridgehead atoms. The lowest BCUT2D eigenvalue weighted by Crippen LogP contribution is -2.31. The number of epoxide rings is 3. The lowest BCUT2D eigenvalue weighted by Gasteiger charge is -2.21. The van der Waals surface area contributed by atoms with Gasteiger partial charge in [0.2, 0.25) is 0 Å². The van der Waals surface area contributed by atoms with Crippen molar-refractivity contribution in [1.82, 2.24) is 0 Å². The third-order valence-electron chi connectivity index (χ3n) is 11.2. The van der Waals surface area contributed by atoms with Crippen molar-refractivity contribution in [3.8, 4) is 0 Å². The first-order valence-corrected chi connectivity index (χ1v) is 18.0. The summed E-state index contributed by atoms with van der Waals surface area (Å²) in [5, 5.41) is 0. The number of hydrogen-bond acceptors (Lipinski definition) is 12. The van der Waals surface area contributed by atoms with E-state index in [4.69, 9.17) is 42.6 Å². The van der Waals surface area contributed by atoms with E-state index in [9.17, 15) is 14.4 Å². The first kappa shape index (κ1) is 35.0. The number of hydrogen-bond donors (Lipinski definition) is 0. The zero-order valence-electron chi connectivity index (χ0n) is 28.3. The van der Waals surface area contributed by atoms with Gasteiger partial charge in [0.25, 0.3) is 0 Å². The van der Waals surface area contributed by atoms with Crippen LogP contribution >= 0.6 is 0 Å². The number of rotatable bonds is 19. The maximum absolute atomic E-state index is 12.8. The molecule has 12 unspecified atom stereocenters. The Labute approximate surface area is 278 Å². The molecule has 12 heteroatoms. The van der Waals surface area contributed by atoms with Gasteiger partial charge in [0.15, 0.2) is 0 Å². The van der Waals surface area contributed by atoms with Gasteiger partial charge in [-0.1, -0.05) is 12.8 Å². The van der Waals surface area contributed by atoms with Crippen molar-refractivity contribution >= 4 is 17.9 Å². The van der Waals surface area contributed by atoms with Gasteiger partial charge in [-0.2, -0.15) is 0 Å². The Morgan fingerprint density at radius 3 is 1.72 bits per heavy atom. The highest BCUT2D eigenvalue weighted by Crippen LogP contribution is 2.49. The topological polar surface area (TPSA) is 144 Å². The van der Waals surface area contributed by atoms with Crippen LogP contribution in [0.15, 0.2) is 0 Å². The van der Waals surface area contributed by atoms with Gasteiger partial charge < -0.3 is 42.6 Å². The molecular weight excluding hydrogens is 612 g/mol. The molecule has 0 aromatic heterocycles. The fraction of sp³-hybridized carbons (Fsp3) is 0.914. The average Bonchev–Trinajstić information content (AvgIpc) is 3.97. The van der Waals surface area contributed by atoms with Crippen molar-refractivity contribution in [1.29, 1.82) is 0 Å². The summed E-state index contributed by atoms with van der Waals surface area (Å²) in [6.07, 6.45) is 8.61. The van der Waals surface area contributed by atoms with Crippen molar-refractivity contribution in [3.63, 3.8) is 0 Å².